The first-order valence-electron chi connectivity index (χ1n) is 40.8. The van der Waals surface area contributed by atoms with E-state index in [4.69, 9.17) is 0 Å². The van der Waals surface area contributed by atoms with Crippen LogP contribution in [0.4, 0.5) is 34.1 Å². The molecule has 0 N–H and O–H groups in total. The van der Waals surface area contributed by atoms with Gasteiger partial charge in [0.1, 0.15) is 0 Å². The Morgan fingerprint density at radius 3 is 0.822 bits per heavy atom. The van der Waals surface area contributed by atoms with Crippen LogP contribution in [0.15, 0.2) is 261 Å². The lowest BCUT2D eigenvalue weighted by Crippen LogP contribution is -2.11. The largest absolute Gasteiger partial charge is 0.310 e. The molecule has 2 nitrogen and oxygen atoms in total. The molecule has 4 saturated carbocycles. The summed E-state index contributed by atoms with van der Waals surface area (Å²) >= 11 is 0. The van der Waals surface area contributed by atoms with E-state index in [1.165, 1.54) is 256 Å². The average molecular weight is 1400 g/mol. The second-order valence-electron chi connectivity index (χ2n) is 32.0. The van der Waals surface area contributed by atoms with Gasteiger partial charge in [-0.1, -0.05) is 324 Å². The Morgan fingerprint density at radius 1 is 0.243 bits per heavy atom. The molecule has 0 heterocycles. The van der Waals surface area contributed by atoms with Gasteiger partial charge < -0.3 is 9.80 Å². The summed E-state index contributed by atoms with van der Waals surface area (Å²) < 4.78 is 0. The molecule has 0 aliphatic heterocycles. The Morgan fingerprint density at radius 2 is 0.514 bits per heavy atom. The number of anilines is 6. The van der Waals surface area contributed by atoms with E-state index in [1.54, 1.807) is 0 Å². The summed E-state index contributed by atoms with van der Waals surface area (Å²) in [5, 5.41) is 4.90. The fraction of sp³-hybridized carbons (Fsp3) is 0.276. The van der Waals surface area contributed by atoms with Gasteiger partial charge in [-0.3, -0.25) is 0 Å². The Hall–Kier alpha value is -10.3. The van der Waals surface area contributed by atoms with Gasteiger partial charge in [-0.05, 0) is 265 Å². The molecular weight excluding hydrogens is 1290 g/mol. The lowest BCUT2D eigenvalue weighted by molar-refractivity contribution is 0.430. The summed E-state index contributed by atoms with van der Waals surface area (Å²) in [4.78, 5) is 5.04. The first-order valence-corrected chi connectivity index (χ1v) is 40.8. The van der Waals surface area contributed by atoms with Crippen LogP contribution in [0.3, 0.4) is 0 Å². The van der Waals surface area contributed by atoms with Crippen LogP contribution in [0.5, 0.6) is 0 Å². The molecule has 0 aromatic heterocycles. The molecule has 12 aromatic carbocycles. The number of hydrogen-bond acceptors (Lipinski definition) is 2. The van der Waals surface area contributed by atoms with E-state index in [-0.39, 0.29) is 0 Å². The van der Waals surface area contributed by atoms with E-state index in [0.29, 0.717) is 23.7 Å². The molecule has 536 valence electrons. The standard InChI is InChI=1S/C105H106N2/c1-73-33-49-86(50-34-73)99(82-22-10-6-11-23-82)69-78-41-57-90(58-42-78)106(91-59-43-79(44-60-91)70-100(83-24-12-7-13-25-83)87-51-35-74(2)36-52-87)103-67-65-95(94-30-18-19-31-96(94)103)97-66-68-104(98-32-20-21-77(5)105(97)98)107(92-61-45-80(46-62-92)71-101(84-26-14-8-15-27-84)88-53-37-75(3)38-54-88)93-63-47-81(48-64-93)72-102(85-28-16-9-17-29-85)89-55-39-76(4)40-56-89/h18-21,30-72,82-85H,6-17,22-29H2,1-5H3/b99-69-,100-70-,101-71-,102-72-. The minimum Gasteiger partial charge on any atom is -0.310 e. The quantitative estimate of drug-likeness (QED) is 0.0745. The monoisotopic (exact) mass is 1390 g/mol. The van der Waals surface area contributed by atoms with Crippen molar-refractivity contribution >= 4 is 102 Å². The van der Waals surface area contributed by atoms with E-state index in [2.05, 4.69) is 330 Å². The number of hydrogen-bond donors (Lipinski definition) is 0. The lowest BCUT2D eigenvalue weighted by atomic mass is 9.80. The van der Waals surface area contributed by atoms with Gasteiger partial charge in [-0.15, -0.1) is 0 Å². The number of nitrogens with zero attached hydrogens (tertiary/aromatic N) is 2. The predicted molar refractivity (Wildman–Crippen MR) is 463 cm³/mol. The summed E-state index contributed by atoms with van der Waals surface area (Å²) in [5.74, 6) is 2.24. The number of rotatable bonds is 19. The van der Waals surface area contributed by atoms with E-state index >= 15 is 0 Å². The number of fused-ring (bicyclic) bond motifs is 2. The van der Waals surface area contributed by atoms with Gasteiger partial charge in [0.2, 0.25) is 0 Å². The van der Waals surface area contributed by atoms with Crippen molar-refractivity contribution in [3.8, 4) is 11.1 Å². The second kappa shape index (κ2) is 32.8. The molecule has 2 heteroatoms. The highest BCUT2D eigenvalue weighted by Crippen LogP contribution is 2.49. The van der Waals surface area contributed by atoms with E-state index in [9.17, 15) is 0 Å². The molecule has 0 amide bonds. The van der Waals surface area contributed by atoms with Gasteiger partial charge in [0.05, 0.1) is 11.4 Å². The van der Waals surface area contributed by atoms with Crippen LogP contribution in [-0.2, 0) is 0 Å². The van der Waals surface area contributed by atoms with Crippen LogP contribution in [0.1, 0.15) is 201 Å². The van der Waals surface area contributed by atoms with Crippen LogP contribution in [0, 0.1) is 58.3 Å². The third kappa shape index (κ3) is 16.1. The fourth-order valence-electron chi connectivity index (χ4n) is 18.5. The van der Waals surface area contributed by atoms with Crippen molar-refractivity contribution in [1.29, 1.82) is 0 Å². The average Bonchev–Trinajstić information content (AvgIpc) is 0.738. The van der Waals surface area contributed by atoms with Crippen LogP contribution < -0.4 is 9.80 Å². The lowest BCUT2D eigenvalue weighted by Gasteiger charge is -2.29. The molecule has 0 atom stereocenters. The fourth-order valence-corrected chi connectivity index (χ4v) is 18.5. The van der Waals surface area contributed by atoms with Gasteiger partial charge >= 0.3 is 0 Å². The molecule has 16 rings (SSSR count). The molecular formula is C105H106N2. The Kier molecular flexibility index (Phi) is 21.8. The van der Waals surface area contributed by atoms with Crippen LogP contribution in [-0.4, -0.2) is 0 Å². The minimum atomic E-state index is 0.560. The number of benzene rings is 12. The SMILES string of the molecule is Cc1ccc(/C(=C\c2ccc(N(c3ccc(/C=C(\c4ccc(C)cc4)C4CCCCC4)cc3)c3ccc(-c4ccc(N(c5ccc(/C=C(\c6ccc(C)cc6)C6CCCCC6)cc5)c5ccc(/C=C(\c6ccc(C)cc6)C6CCCCC6)cc5)c5cccc(C)c45)c4ccccc34)cc2)C2CCCCC2)cc1. The maximum Gasteiger partial charge on any atom is 0.0540 e. The summed E-state index contributed by atoms with van der Waals surface area (Å²) in [7, 11) is 0. The maximum atomic E-state index is 2.52. The molecule has 107 heavy (non-hydrogen) atoms. The molecule has 12 aromatic rings. The van der Waals surface area contributed by atoms with Crippen molar-refractivity contribution in [2.24, 2.45) is 23.7 Å². The minimum absolute atomic E-state index is 0.560. The third-order valence-electron chi connectivity index (χ3n) is 24.5. The highest BCUT2D eigenvalue weighted by molar-refractivity contribution is 6.14. The first-order chi connectivity index (χ1) is 52.6. The summed E-state index contributed by atoms with van der Waals surface area (Å²) in [5.41, 5.74) is 32.0. The second-order valence-corrected chi connectivity index (χ2v) is 32.0. The zero-order valence-electron chi connectivity index (χ0n) is 64.0. The summed E-state index contributed by atoms with van der Waals surface area (Å²) in [6.07, 6.45) is 35.7. The maximum absolute atomic E-state index is 2.52. The van der Waals surface area contributed by atoms with Crippen LogP contribution >= 0.6 is 0 Å². The number of aryl methyl sites for hydroxylation is 5. The third-order valence-corrected chi connectivity index (χ3v) is 24.5. The van der Waals surface area contributed by atoms with Crippen molar-refractivity contribution in [2.75, 3.05) is 9.80 Å². The van der Waals surface area contributed by atoms with E-state index in [1.807, 2.05) is 0 Å². The molecule has 0 radical (unpaired) electrons. The van der Waals surface area contributed by atoms with E-state index in [0.717, 1.165) is 34.1 Å². The Labute approximate surface area is 639 Å². The Bertz CT molecular complexity index is 4910. The van der Waals surface area contributed by atoms with Crippen molar-refractivity contribution in [3.05, 3.63) is 333 Å². The topological polar surface area (TPSA) is 6.48 Å². The van der Waals surface area contributed by atoms with Gasteiger partial charge in [0.25, 0.3) is 0 Å². The van der Waals surface area contributed by atoms with Crippen molar-refractivity contribution in [3.63, 3.8) is 0 Å². The normalized spacial score (nSPS) is 16.3. The van der Waals surface area contributed by atoms with Gasteiger partial charge in [0, 0.05) is 33.5 Å². The molecule has 0 saturated heterocycles. The van der Waals surface area contributed by atoms with Gasteiger partial charge in [-0.25, -0.2) is 0 Å². The van der Waals surface area contributed by atoms with Crippen molar-refractivity contribution in [2.45, 2.75) is 163 Å². The van der Waals surface area contributed by atoms with Gasteiger partial charge in [-0.2, -0.15) is 0 Å². The van der Waals surface area contributed by atoms with Gasteiger partial charge in [0.15, 0.2) is 0 Å². The smallest absolute Gasteiger partial charge is 0.0540 e. The molecule has 4 aliphatic rings. The zero-order valence-corrected chi connectivity index (χ0v) is 64.0. The molecule has 0 unspecified atom stereocenters. The Balaban J connectivity index is 0.812. The van der Waals surface area contributed by atoms with E-state index < -0.39 is 0 Å². The molecule has 4 fully saturated rings. The molecule has 4 aliphatic carbocycles. The molecule has 0 spiro atoms. The first kappa shape index (κ1) is 71.0. The zero-order chi connectivity index (χ0) is 72.6. The molecule has 0 bridgehead atoms. The van der Waals surface area contributed by atoms with Crippen molar-refractivity contribution in [1.82, 2.24) is 0 Å². The van der Waals surface area contributed by atoms with Crippen LogP contribution in [0.2, 0.25) is 0 Å². The number of allylic oxidation sites excluding steroid dienone is 4. The summed E-state index contributed by atoms with van der Waals surface area (Å²) in [6, 6.07) is 101. The van der Waals surface area contributed by atoms with Crippen LogP contribution in [0.25, 0.3) is 79.3 Å². The highest BCUT2D eigenvalue weighted by Gasteiger charge is 2.27. The highest BCUT2D eigenvalue weighted by atomic mass is 15.1. The predicted octanol–water partition coefficient (Wildman–Crippen LogP) is 30.6. The van der Waals surface area contributed by atoms with Crippen molar-refractivity contribution < 1.29 is 0 Å². The summed E-state index contributed by atoms with van der Waals surface area (Å²) in [6.45, 7) is 11.1.